The van der Waals surface area contributed by atoms with Crippen molar-refractivity contribution in [1.82, 2.24) is 20.5 Å². The Labute approximate surface area is 216 Å². The average molecular weight is 535 g/mol. The second kappa shape index (κ2) is 12.8. The summed E-state index contributed by atoms with van der Waals surface area (Å²) >= 11 is 5.92. The Bertz CT molecular complexity index is 1300. The van der Waals surface area contributed by atoms with E-state index in [0.29, 0.717) is 16.3 Å². The summed E-state index contributed by atoms with van der Waals surface area (Å²) in [5.74, 6) is -1.39. The number of hydrogen-bond acceptors (Lipinski definition) is 6. The molecule has 0 unspecified atom stereocenters. The van der Waals surface area contributed by atoms with Gasteiger partial charge in [-0.1, -0.05) is 23.7 Å². The molecule has 37 heavy (non-hydrogen) atoms. The Kier molecular flexibility index (Phi) is 9.52. The van der Waals surface area contributed by atoms with Crippen molar-refractivity contribution in [2.45, 2.75) is 12.6 Å². The normalized spacial score (nSPS) is 11.5. The lowest BCUT2D eigenvalue weighted by atomic mass is 10.2. The van der Waals surface area contributed by atoms with E-state index in [4.69, 9.17) is 22.1 Å². The number of ether oxygens (including phenoxy) is 1. The van der Waals surface area contributed by atoms with E-state index in [2.05, 4.69) is 20.9 Å². The van der Waals surface area contributed by atoms with Crippen LogP contribution in [0.4, 0.5) is 24.2 Å². The number of amides is 4. The number of nitrogens with two attached hydrogens (primary N) is 1. The van der Waals surface area contributed by atoms with Crippen molar-refractivity contribution >= 4 is 46.2 Å². The minimum atomic E-state index is -0.876. The van der Waals surface area contributed by atoms with Gasteiger partial charge in [-0.2, -0.15) is 0 Å². The van der Waals surface area contributed by atoms with Gasteiger partial charge in [0.1, 0.15) is 24.1 Å². The SMILES string of the molecule is CN(C(=O)NCc1cccc(F)c1Cl)[C@H](CNC(=O)CN)COC(=O)Nc1cc2cc(F)ccc2cn1. The zero-order valence-corrected chi connectivity index (χ0v) is 20.5. The summed E-state index contributed by atoms with van der Waals surface area (Å²) in [6.07, 6.45) is 0.595. The van der Waals surface area contributed by atoms with Crippen LogP contribution in [0, 0.1) is 11.6 Å². The molecule has 3 rings (SSSR count). The Balaban J connectivity index is 1.61. The van der Waals surface area contributed by atoms with Crippen LogP contribution in [0.5, 0.6) is 0 Å². The first-order chi connectivity index (χ1) is 17.7. The Hall–Kier alpha value is -4.03. The van der Waals surface area contributed by atoms with Crippen molar-refractivity contribution in [2.24, 2.45) is 5.73 Å². The first-order valence-corrected chi connectivity index (χ1v) is 11.4. The minimum Gasteiger partial charge on any atom is -0.447 e. The third-order valence-electron chi connectivity index (χ3n) is 5.37. The van der Waals surface area contributed by atoms with E-state index in [1.807, 2.05) is 0 Å². The quantitative estimate of drug-likeness (QED) is 0.333. The highest BCUT2D eigenvalue weighted by Gasteiger charge is 2.23. The number of likely N-dealkylation sites (N-methyl/N-ethyl adjacent to an activating group) is 1. The van der Waals surface area contributed by atoms with Gasteiger partial charge in [-0.3, -0.25) is 10.1 Å². The standard InChI is InChI=1S/C24H25ClF2N6O4/c1-33(23(35)31-11-15-3-2-4-19(27)22(15)25)18(12-30-21(34)9-28)13-37-24(36)32-20-8-16-7-17(26)6-5-14(16)10-29-20/h2-8,10,18H,9,11-13,28H2,1H3,(H,30,34)(H,31,35)(H,29,32,36)/t18-/m1/s1. The fourth-order valence-corrected chi connectivity index (χ4v) is 3.44. The maximum absolute atomic E-state index is 13.6. The fourth-order valence-electron chi connectivity index (χ4n) is 3.25. The molecule has 10 nitrogen and oxygen atoms in total. The van der Waals surface area contributed by atoms with Gasteiger partial charge in [0.15, 0.2) is 0 Å². The molecule has 196 valence electrons. The van der Waals surface area contributed by atoms with Gasteiger partial charge in [-0.05, 0) is 41.3 Å². The van der Waals surface area contributed by atoms with Crippen LogP contribution >= 0.6 is 11.6 Å². The largest absolute Gasteiger partial charge is 0.447 e. The number of nitrogens with zero attached hydrogens (tertiary/aromatic N) is 2. The molecule has 0 bridgehead atoms. The van der Waals surface area contributed by atoms with Crippen LogP contribution in [0.25, 0.3) is 10.8 Å². The third-order valence-corrected chi connectivity index (χ3v) is 5.79. The molecule has 13 heteroatoms. The molecule has 1 atom stereocenters. The van der Waals surface area contributed by atoms with E-state index < -0.39 is 35.7 Å². The molecule has 3 aromatic rings. The van der Waals surface area contributed by atoms with E-state index in [9.17, 15) is 23.2 Å². The maximum Gasteiger partial charge on any atom is 0.412 e. The lowest BCUT2D eigenvalue weighted by Crippen LogP contribution is -2.51. The predicted octanol–water partition coefficient (Wildman–Crippen LogP) is 3.00. The van der Waals surface area contributed by atoms with Crippen molar-refractivity contribution in [3.8, 4) is 0 Å². The summed E-state index contributed by atoms with van der Waals surface area (Å²) in [5, 5.41) is 8.69. The molecule has 1 aromatic heterocycles. The Morgan fingerprint density at radius 1 is 1.14 bits per heavy atom. The highest BCUT2D eigenvalue weighted by molar-refractivity contribution is 6.31. The van der Waals surface area contributed by atoms with Crippen LogP contribution in [0.2, 0.25) is 5.02 Å². The average Bonchev–Trinajstić information content (AvgIpc) is 2.88. The minimum absolute atomic E-state index is 0.0583. The van der Waals surface area contributed by atoms with Gasteiger partial charge in [0.25, 0.3) is 0 Å². The van der Waals surface area contributed by atoms with E-state index in [0.717, 1.165) is 0 Å². The highest BCUT2D eigenvalue weighted by atomic mass is 35.5. The van der Waals surface area contributed by atoms with Crippen LogP contribution in [-0.4, -0.2) is 60.7 Å². The molecule has 0 aliphatic heterocycles. The molecule has 5 N–H and O–H groups in total. The van der Waals surface area contributed by atoms with Gasteiger partial charge >= 0.3 is 12.1 Å². The molecular formula is C24H25ClF2N6O4. The number of carbonyl (C=O) groups excluding carboxylic acids is 3. The molecule has 0 fully saturated rings. The lowest BCUT2D eigenvalue weighted by molar-refractivity contribution is -0.119. The van der Waals surface area contributed by atoms with E-state index >= 15 is 0 Å². The van der Waals surface area contributed by atoms with Gasteiger partial charge in [0.2, 0.25) is 5.91 Å². The van der Waals surface area contributed by atoms with Crippen molar-refractivity contribution in [3.05, 3.63) is 70.9 Å². The molecular weight excluding hydrogens is 510 g/mol. The summed E-state index contributed by atoms with van der Waals surface area (Å²) in [6.45, 7) is -0.696. The van der Waals surface area contributed by atoms with Gasteiger partial charge in [-0.15, -0.1) is 0 Å². The predicted molar refractivity (Wildman–Crippen MR) is 134 cm³/mol. The van der Waals surface area contributed by atoms with E-state index in [-0.39, 0.29) is 37.1 Å². The van der Waals surface area contributed by atoms with Crippen LogP contribution in [0.15, 0.2) is 48.7 Å². The first kappa shape index (κ1) is 27.6. The number of fused-ring (bicyclic) bond motifs is 1. The van der Waals surface area contributed by atoms with Crippen LogP contribution in [0.1, 0.15) is 5.56 Å². The number of pyridine rings is 1. The number of nitrogens with one attached hydrogen (secondary N) is 3. The fraction of sp³-hybridized carbons (Fsp3) is 0.250. The van der Waals surface area contributed by atoms with Crippen molar-refractivity contribution in [3.63, 3.8) is 0 Å². The number of halogens is 3. The van der Waals surface area contributed by atoms with Crippen LogP contribution < -0.4 is 21.7 Å². The van der Waals surface area contributed by atoms with Gasteiger partial charge < -0.3 is 26.0 Å². The monoisotopic (exact) mass is 534 g/mol. The van der Waals surface area contributed by atoms with Gasteiger partial charge in [0.05, 0.1) is 17.6 Å². The Morgan fingerprint density at radius 2 is 1.92 bits per heavy atom. The smallest absolute Gasteiger partial charge is 0.412 e. The van der Waals surface area contributed by atoms with Crippen LogP contribution in [0.3, 0.4) is 0 Å². The van der Waals surface area contributed by atoms with Crippen molar-refractivity contribution in [2.75, 3.05) is 32.1 Å². The number of anilines is 1. The highest BCUT2D eigenvalue weighted by Crippen LogP contribution is 2.20. The van der Waals surface area contributed by atoms with Crippen LogP contribution in [-0.2, 0) is 16.1 Å². The number of urea groups is 1. The molecule has 0 aliphatic carbocycles. The molecule has 0 radical (unpaired) electrons. The summed E-state index contributed by atoms with van der Waals surface area (Å²) in [7, 11) is 1.43. The maximum atomic E-state index is 13.6. The van der Waals surface area contributed by atoms with Crippen molar-refractivity contribution < 1.29 is 27.9 Å². The summed E-state index contributed by atoms with van der Waals surface area (Å²) < 4.78 is 32.4. The van der Waals surface area contributed by atoms with Gasteiger partial charge in [-0.25, -0.2) is 23.4 Å². The van der Waals surface area contributed by atoms with Crippen molar-refractivity contribution in [1.29, 1.82) is 0 Å². The third kappa shape index (κ3) is 7.72. The molecule has 2 aromatic carbocycles. The lowest BCUT2D eigenvalue weighted by Gasteiger charge is -2.28. The second-order valence-corrected chi connectivity index (χ2v) is 8.31. The molecule has 1 heterocycles. The zero-order valence-electron chi connectivity index (χ0n) is 19.8. The summed E-state index contributed by atoms with van der Waals surface area (Å²) in [4.78, 5) is 42.0. The molecule has 0 saturated carbocycles. The number of benzene rings is 2. The number of aromatic nitrogens is 1. The molecule has 4 amide bonds. The zero-order chi connectivity index (χ0) is 26.9. The summed E-state index contributed by atoms with van der Waals surface area (Å²) in [6, 6.07) is 8.49. The topological polar surface area (TPSA) is 139 Å². The molecule has 0 spiro atoms. The second-order valence-electron chi connectivity index (χ2n) is 7.93. The van der Waals surface area contributed by atoms with E-state index in [1.54, 1.807) is 12.1 Å². The number of hydrogen-bond donors (Lipinski definition) is 4. The van der Waals surface area contributed by atoms with Gasteiger partial charge in [0, 0.05) is 31.7 Å². The first-order valence-electron chi connectivity index (χ1n) is 11.1. The van der Waals surface area contributed by atoms with E-state index in [1.165, 1.54) is 48.5 Å². The molecule has 0 aliphatic rings. The summed E-state index contributed by atoms with van der Waals surface area (Å²) in [5.41, 5.74) is 5.69. The molecule has 0 saturated heterocycles. The Morgan fingerprint density at radius 3 is 2.68 bits per heavy atom. The number of carbonyl (C=O) groups is 3. The number of rotatable bonds is 9.